The van der Waals surface area contributed by atoms with Gasteiger partial charge in [-0.15, -0.1) is 0 Å². The van der Waals surface area contributed by atoms with Crippen LogP contribution in [0.5, 0.6) is 0 Å². The Morgan fingerprint density at radius 2 is 1.94 bits per heavy atom. The van der Waals surface area contributed by atoms with Crippen molar-refractivity contribution in [2.45, 2.75) is 0 Å². The van der Waals surface area contributed by atoms with Gasteiger partial charge in [0.1, 0.15) is 5.69 Å². The van der Waals surface area contributed by atoms with E-state index in [1.807, 2.05) is 78.5 Å². The fourth-order valence-corrected chi connectivity index (χ4v) is 3.98. The van der Waals surface area contributed by atoms with Gasteiger partial charge in [0, 0.05) is 37.4 Å². The Labute approximate surface area is 186 Å². The number of anilines is 2. The molecular weight excluding hydrogens is 402 g/mol. The van der Waals surface area contributed by atoms with Crippen LogP contribution >= 0.6 is 0 Å². The van der Waals surface area contributed by atoms with E-state index in [0.717, 1.165) is 46.6 Å². The van der Waals surface area contributed by atoms with Crippen molar-refractivity contribution < 1.29 is 9.53 Å². The van der Waals surface area contributed by atoms with Crippen molar-refractivity contribution in [3.05, 3.63) is 77.7 Å². The van der Waals surface area contributed by atoms with Gasteiger partial charge < -0.3 is 19.5 Å². The Morgan fingerprint density at radius 1 is 1.09 bits per heavy atom. The average molecular weight is 428 g/mol. The SMILES string of the molecule is Cn1cccc1C(=O)Nc1cc(N2CCOCC2)ccc1/C=C/c1n[nH]c2ccccc12. The zero-order valence-electron chi connectivity index (χ0n) is 17.9. The molecule has 0 saturated carbocycles. The van der Waals surface area contributed by atoms with Crippen molar-refractivity contribution in [1.29, 1.82) is 0 Å². The van der Waals surface area contributed by atoms with Crippen LogP contribution in [0.25, 0.3) is 23.1 Å². The molecule has 7 heteroatoms. The molecule has 2 aromatic carbocycles. The second kappa shape index (κ2) is 8.72. The van der Waals surface area contributed by atoms with E-state index >= 15 is 0 Å². The summed E-state index contributed by atoms with van der Waals surface area (Å²) in [6.07, 6.45) is 5.83. The number of hydrogen-bond donors (Lipinski definition) is 2. The molecule has 1 aliphatic heterocycles. The molecule has 0 bridgehead atoms. The standard InChI is InChI=1S/C25H25N5O2/c1-29-12-4-7-24(29)25(31)26-23-17-19(30-13-15-32-16-14-30)10-8-18(23)9-11-22-20-5-2-3-6-21(20)27-28-22/h2-12,17H,13-16H2,1H3,(H,26,31)(H,27,28)/b11-9+. The van der Waals surface area contributed by atoms with E-state index in [2.05, 4.69) is 26.5 Å². The number of hydrogen-bond acceptors (Lipinski definition) is 4. The number of para-hydroxylation sites is 1. The monoisotopic (exact) mass is 427 g/mol. The fourth-order valence-electron chi connectivity index (χ4n) is 3.98. The van der Waals surface area contributed by atoms with Crippen molar-refractivity contribution in [2.24, 2.45) is 7.05 Å². The third-order valence-corrected chi connectivity index (χ3v) is 5.76. The van der Waals surface area contributed by atoms with E-state index in [-0.39, 0.29) is 5.91 Å². The Kier molecular flexibility index (Phi) is 5.47. The maximum absolute atomic E-state index is 12.9. The highest BCUT2D eigenvalue weighted by atomic mass is 16.5. The molecule has 0 atom stereocenters. The van der Waals surface area contributed by atoms with Crippen LogP contribution < -0.4 is 10.2 Å². The highest BCUT2D eigenvalue weighted by Crippen LogP contribution is 2.27. The summed E-state index contributed by atoms with van der Waals surface area (Å²) in [5.41, 5.74) is 5.20. The first-order valence-electron chi connectivity index (χ1n) is 10.7. The molecule has 4 aromatic rings. The summed E-state index contributed by atoms with van der Waals surface area (Å²) in [5.74, 6) is -0.142. The lowest BCUT2D eigenvalue weighted by Crippen LogP contribution is -2.36. The van der Waals surface area contributed by atoms with Gasteiger partial charge in [0.15, 0.2) is 0 Å². The smallest absolute Gasteiger partial charge is 0.272 e. The first kappa shape index (κ1) is 20.1. The predicted octanol–water partition coefficient (Wildman–Crippen LogP) is 4.16. The van der Waals surface area contributed by atoms with Gasteiger partial charge in [-0.05, 0) is 42.0 Å². The number of carbonyl (C=O) groups is 1. The van der Waals surface area contributed by atoms with E-state index in [1.165, 1.54) is 0 Å². The van der Waals surface area contributed by atoms with Crippen molar-refractivity contribution in [2.75, 3.05) is 36.5 Å². The van der Waals surface area contributed by atoms with E-state index in [4.69, 9.17) is 4.74 Å². The van der Waals surface area contributed by atoms with Gasteiger partial charge >= 0.3 is 0 Å². The van der Waals surface area contributed by atoms with Crippen LogP contribution in [0.15, 0.2) is 60.8 Å². The number of aromatic nitrogens is 3. The third kappa shape index (κ3) is 4.02. The highest BCUT2D eigenvalue weighted by Gasteiger charge is 2.15. The van der Waals surface area contributed by atoms with Crippen LogP contribution in [-0.4, -0.2) is 47.0 Å². The maximum atomic E-state index is 12.9. The van der Waals surface area contributed by atoms with Crippen molar-refractivity contribution in [3.63, 3.8) is 0 Å². The molecule has 1 saturated heterocycles. The van der Waals surface area contributed by atoms with Crippen molar-refractivity contribution in [3.8, 4) is 0 Å². The number of nitrogens with zero attached hydrogens (tertiary/aromatic N) is 3. The molecule has 1 fully saturated rings. The lowest BCUT2D eigenvalue weighted by molar-refractivity contribution is 0.101. The Hall–Kier alpha value is -3.84. The van der Waals surface area contributed by atoms with Crippen LogP contribution in [0.2, 0.25) is 0 Å². The van der Waals surface area contributed by atoms with Gasteiger partial charge in [-0.25, -0.2) is 0 Å². The summed E-state index contributed by atoms with van der Waals surface area (Å²) >= 11 is 0. The summed E-state index contributed by atoms with van der Waals surface area (Å²) < 4.78 is 7.29. The molecule has 5 rings (SSSR count). The largest absolute Gasteiger partial charge is 0.378 e. The lowest BCUT2D eigenvalue weighted by Gasteiger charge is -2.29. The average Bonchev–Trinajstić information content (AvgIpc) is 3.45. The Bertz CT molecular complexity index is 1280. The second-order valence-electron chi connectivity index (χ2n) is 7.82. The number of carbonyl (C=O) groups excluding carboxylic acids is 1. The molecule has 0 aliphatic carbocycles. The maximum Gasteiger partial charge on any atom is 0.272 e. The van der Waals surface area contributed by atoms with Crippen LogP contribution in [0, 0.1) is 0 Å². The molecule has 2 aromatic heterocycles. The van der Waals surface area contributed by atoms with Crippen molar-refractivity contribution >= 4 is 40.3 Å². The summed E-state index contributed by atoms with van der Waals surface area (Å²) in [5, 5.41) is 11.6. The molecule has 162 valence electrons. The molecule has 1 aliphatic rings. The number of H-pyrrole nitrogens is 1. The summed E-state index contributed by atoms with van der Waals surface area (Å²) in [6.45, 7) is 3.08. The number of aryl methyl sites for hydroxylation is 1. The van der Waals surface area contributed by atoms with Crippen LogP contribution in [0.4, 0.5) is 11.4 Å². The van der Waals surface area contributed by atoms with Gasteiger partial charge in [-0.2, -0.15) is 5.10 Å². The van der Waals surface area contributed by atoms with Gasteiger partial charge in [0.2, 0.25) is 0 Å². The minimum absolute atomic E-state index is 0.142. The summed E-state index contributed by atoms with van der Waals surface area (Å²) in [6, 6.07) is 17.9. The zero-order chi connectivity index (χ0) is 21.9. The molecule has 3 heterocycles. The van der Waals surface area contributed by atoms with Gasteiger partial charge in [-0.1, -0.05) is 30.3 Å². The number of ether oxygens (including phenoxy) is 1. The normalized spacial score (nSPS) is 14.3. The number of nitrogens with one attached hydrogen (secondary N) is 2. The molecule has 32 heavy (non-hydrogen) atoms. The van der Waals surface area contributed by atoms with Gasteiger partial charge in [-0.3, -0.25) is 9.89 Å². The first-order valence-corrected chi connectivity index (χ1v) is 10.7. The van der Waals surface area contributed by atoms with Gasteiger partial charge in [0.25, 0.3) is 5.91 Å². The number of amides is 1. The number of aromatic amines is 1. The van der Waals surface area contributed by atoms with Crippen LogP contribution in [-0.2, 0) is 11.8 Å². The first-order chi connectivity index (χ1) is 15.7. The Balaban J connectivity index is 1.48. The minimum atomic E-state index is -0.142. The summed E-state index contributed by atoms with van der Waals surface area (Å²) in [7, 11) is 1.86. The van der Waals surface area contributed by atoms with Crippen LogP contribution in [0.1, 0.15) is 21.7 Å². The highest BCUT2D eigenvalue weighted by molar-refractivity contribution is 6.05. The van der Waals surface area contributed by atoms with Crippen molar-refractivity contribution in [1.82, 2.24) is 14.8 Å². The van der Waals surface area contributed by atoms with E-state index in [9.17, 15) is 4.79 Å². The zero-order valence-corrected chi connectivity index (χ0v) is 17.9. The molecule has 0 unspecified atom stereocenters. The molecule has 2 N–H and O–H groups in total. The number of rotatable bonds is 5. The summed E-state index contributed by atoms with van der Waals surface area (Å²) in [4.78, 5) is 15.2. The van der Waals surface area contributed by atoms with E-state index in [0.29, 0.717) is 18.9 Å². The number of fused-ring (bicyclic) bond motifs is 1. The van der Waals surface area contributed by atoms with E-state index in [1.54, 1.807) is 0 Å². The number of benzene rings is 2. The molecular formula is C25H25N5O2. The second-order valence-corrected chi connectivity index (χ2v) is 7.82. The molecule has 1 amide bonds. The lowest BCUT2D eigenvalue weighted by atomic mass is 10.1. The Morgan fingerprint density at radius 3 is 2.75 bits per heavy atom. The van der Waals surface area contributed by atoms with Gasteiger partial charge in [0.05, 0.1) is 30.1 Å². The predicted molar refractivity (Wildman–Crippen MR) is 128 cm³/mol. The fraction of sp³-hybridized carbons (Fsp3) is 0.200. The van der Waals surface area contributed by atoms with E-state index < -0.39 is 0 Å². The minimum Gasteiger partial charge on any atom is -0.378 e. The third-order valence-electron chi connectivity index (χ3n) is 5.76. The number of morpholine rings is 1. The quantitative estimate of drug-likeness (QED) is 0.502. The van der Waals surface area contributed by atoms with Crippen LogP contribution in [0.3, 0.4) is 0 Å². The molecule has 0 spiro atoms. The topological polar surface area (TPSA) is 75.2 Å². The molecule has 7 nitrogen and oxygen atoms in total. The molecule has 0 radical (unpaired) electrons.